The molecule has 0 saturated carbocycles. The third-order valence-corrected chi connectivity index (χ3v) is 4.36. The zero-order chi connectivity index (χ0) is 17.7. The van der Waals surface area contributed by atoms with Gasteiger partial charge in [-0.05, 0) is 37.7 Å². The van der Waals surface area contributed by atoms with Crippen LogP contribution in [0.4, 0.5) is 0 Å². The van der Waals surface area contributed by atoms with E-state index in [0.29, 0.717) is 5.92 Å². The molecule has 0 spiro atoms. The van der Waals surface area contributed by atoms with Gasteiger partial charge in [-0.1, -0.05) is 30.3 Å². The van der Waals surface area contributed by atoms with E-state index in [1.807, 2.05) is 6.07 Å². The Bertz CT molecular complexity index is 487. The molecule has 140 valence electrons. The number of hydrogen-bond donors (Lipinski definition) is 1. The summed E-state index contributed by atoms with van der Waals surface area (Å²) in [6.45, 7) is 8.03. The maximum Gasteiger partial charge on any atom is 0.193 e. The van der Waals surface area contributed by atoms with Gasteiger partial charge in [-0.2, -0.15) is 0 Å². The fourth-order valence-corrected chi connectivity index (χ4v) is 2.92. The van der Waals surface area contributed by atoms with Crippen molar-refractivity contribution in [2.45, 2.75) is 32.7 Å². The van der Waals surface area contributed by atoms with Crippen molar-refractivity contribution in [3.63, 3.8) is 0 Å². The molecular weight excluding hydrogens is 314 g/mol. The molecule has 25 heavy (non-hydrogen) atoms. The minimum absolute atomic E-state index is 0.673. The van der Waals surface area contributed by atoms with Crippen molar-refractivity contribution in [2.75, 3.05) is 46.6 Å². The third-order valence-electron chi connectivity index (χ3n) is 4.36. The van der Waals surface area contributed by atoms with E-state index in [1.165, 1.54) is 5.56 Å². The second-order valence-electron chi connectivity index (χ2n) is 6.56. The highest BCUT2D eigenvalue weighted by Gasteiger charge is 2.13. The molecule has 0 radical (unpaired) electrons. The van der Waals surface area contributed by atoms with Crippen LogP contribution in [0.2, 0.25) is 0 Å². The van der Waals surface area contributed by atoms with Gasteiger partial charge in [-0.3, -0.25) is 4.99 Å². The van der Waals surface area contributed by atoms with E-state index in [0.717, 1.165) is 71.3 Å². The molecule has 1 N–H and O–H groups in total. The van der Waals surface area contributed by atoms with Crippen LogP contribution in [0, 0.1) is 5.92 Å². The van der Waals surface area contributed by atoms with Crippen LogP contribution in [0.3, 0.4) is 0 Å². The highest BCUT2D eigenvalue weighted by molar-refractivity contribution is 5.79. The molecule has 1 saturated heterocycles. The van der Waals surface area contributed by atoms with E-state index in [2.05, 4.69) is 48.5 Å². The molecule has 1 aliphatic rings. The molecule has 0 amide bonds. The molecule has 0 aromatic heterocycles. The van der Waals surface area contributed by atoms with Crippen LogP contribution >= 0.6 is 0 Å². The molecule has 2 rings (SSSR count). The van der Waals surface area contributed by atoms with Crippen molar-refractivity contribution in [3.8, 4) is 0 Å². The first-order chi connectivity index (χ1) is 12.3. The fourth-order valence-electron chi connectivity index (χ4n) is 2.92. The lowest BCUT2D eigenvalue weighted by Crippen LogP contribution is -2.38. The minimum Gasteiger partial charge on any atom is -0.381 e. The number of nitrogens with one attached hydrogen (secondary N) is 1. The number of hydrogen-bond acceptors (Lipinski definition) is 3. The molecule has 1 fully saturated rings. The summed E-state index contributed by atoms with van der Waals surface area (Å²) in [7, 11) is 2.08. The van der Waals surface area contributed by atoms with Crippen LogP contribution in [-0.4, -0.2) is 57.4 Å². The Morgan fingerprint density at radius 3 is 2.76 bits per heavy atom. The molecule has 5 nitrogen and oxygen atoms in total. The third kappa shape index (κ3) is 7.88. The Morgan fingerprint density at radius 1 is 1.28 bits per heavy atom. The minimum atomic E-state index is 0.673. The summed E-state index contributed by atoms with van der Waals surface area (Å²) in [5.41, 5.74) is 1.29. The number of benzene rings is 1. The largest absolute Gasteiger partial charge is 0.381 e. The van der Waals surface area contributed by atoms with Crippen molar-refractivity contribution < 1.29 is 9.47 Å². The van der Waals surface area contributed by atoms with Crippen molar-refractivity contribution in [1.29, 1.82) is 0 Å². The summed E-state index contributed by atoms with van der Waals surface area (Å²) in [5.74, 6) is 1.63. The predicted octanol–water partition coefficient (Wildman–Crippen LogP) is 2.92. The van der Waals surface area contributed by atoms with E-state index in [1.54, 1.807) is 0 Å². The van der Waals surface area contributed by atoms with Crippen molar-refractivity contribution in [3.05, 3.63) is 35.9 Å². The molecule has 0 aliphatic carbocycles. The second-order valence-corrected chi connectivity index (χ2v) is 6.56. The van der Waals surface area contributed by atoms with Gasteiger partial charge in [0.2, 0.25) is 0 Å². The van der Waals surface area contributed by atoms with E-state index in [9.17, 15) is 0 Å². The maximum atomic E-state index is 5.81. The molecule has 0 bridgehead atoms. The normalized spacial score (nSPS) is 16.0. The molecule has 1 aromatic carbocycles. The zero-order valence-electron chi connectivity index (χ0n) is 15.7. The molecule has 1 heterocycles. The van der Waals surface area contributed by atoms with Crippen molar-refractivity contribution >= 4 is 5.96 Å². The first-order valence-corrected chi connectivity index (χ1v) is 9.48. The van der Waals surface area contributed by atoms with Crippen LogP contribution in [0.25, 0.3) is 0 Å². The van der Waals surface area contributed by atoms with E-state index < -0.39 is 0 Å². The topological polar surface area (TPSA) is 46.1 Å². The molecule has 0 unspecified atom stereocenters. The predicted molar refractivity (Wildman–Crippen MR) is 103 cm³/mol. The second kappa shape index (κ2) is 11.9. The SMILES string of the molecule is CCNC(=NCCCOCC1CCOCC1)N(C)Cc1ccccc1. The zero-order valence-corrected chi connectivity index (χ0v) is 15.7. The highest BCUT2D eigenvalue weighted by Crippen LogP contribution is 2.14. The number of ether oxygens (including phenoxy) is 2. The average Bonchev–Trinajstić information content (AvgIpc) is 2.65. The van der Waals surface area contributed by atoms with Crippen LogP contribution in [0.1, 0.15) is 31.7 Å². The maximum absolute atomic E-state index is 5.81. The van der Waals surface area contributed by atoms with Gasteiger partial charge < -0.3 is 19.7 Å². The summed E-state index contributed by atoms with van der Waals surface area (Å²) < 4.78 is 11.2. The van der Waals surface area contributed by atoms with Gasteiger partial charge in [-0.15, -0.1) is 0 Å². The van der Waals surface area contributed by atoms with Gasteiger partial charge in [0.15, 0.2) is 5.96 Å². The van der Waals surface area contributed by atoms with Crippen LogP contribution in [0.5, 0.6) is 0 Å². The first-order valence-electron chi connectivity index (χ1n) is 9.48. The number of rotatable bonds is 9. The quantitative estimate of drug-likeness (QED) is 0.424. The summed E-state index contributed by atoms with van der Waals surface area (Å²) in [6, 6.07) is 10.5. The smallest absolute Gasteiger partial charge is 0.193 e. The summed E-state index contributed by atoms with van der Waals surface area (Å²) in [4.78, 5) is 6.89. The van der Waals surface area contributed by atoms with Crippen molar-refractivity contribution in [1.82, 2.24) is 10.2 Å². The number of aliphatic imine (C=N–C) groups is 1. The molecule has 1 aliphatic heterocycles. The summed E-state index contributed by atoms with van der Waals surface area (Å²) >= 11 is 0. The van der Waals surface area contributed by atoms with Gasteiger partial charge in [0.05, 0.1) is 0 Å². The molecular formula is C20H33N3O2. The Hall–Kier alpha value is -1.59. The van der Waals surface area contributed by atoms with E-state index >= 15 is 0 Å². The highest BCUT2D eigenvalue weighted by atomic mass is 16.5. The Kier molecular flexibility index (Phi) is 9.37. The lowest BCUT2D eigenvalue weighted by molar-refractivity contribution is 0.0205. The average molecular weight is 348 g/mol. The number of guanidine groups is 1. The van der Waals surface area contributed by atoms with Gasteiger partial charge in [-0.25, -0.2) is 0 Å². The molecule has 1 aromatic rings. The van der Waals surface area contributed by atoms with Gasteiger partial charge in [0.25, 0.3) is 0 Å². The summed E-state index contributed by atoms with van der Waals surface area (Å²) in [5, 5.41) is 3.37. The summed E-state index contributed by atoms with van der Waals surface area (Å²) in [6.07, 6.45) is 3.22. The van der Waals surface area contributed by atoms with Crippen LogP contribution in [-0.2, 0) is 16.0 Å². The van der Waals surface area contributed by atoms with E-state index in [4.69, 9.17) is 14.5 Å². The van der Waals surface area contributed by atoms with Crippen molar-refractivity contribution in [2.24, 2.45) is 10.9 Å². The Labute approximate surface area is 152 Å². The Morgan fingerprint density at radius 2 is 2.04 bits per heavy atom. The van der Waals surface area contributed by atoms with Gasteiger partial charge in [0, 0.05) is 53.1 Å². The van der Waals surface area contributed by atoms with Gasteiger partial charge in [0.1, 0.15) is 0 Å². The van der Waals surface area contributed by atoms with Crippen LogP contribution < -0.4 is 5.32 Å². The molecule has 0 atom stereocenters. The van der Waals surface area contributed by atoms with E-state index in [-0.39, 0.29) is 0 Å². The standard InChI is InChI=1S/C20H33N3O2/c1-3-21-20(23(2)16-18-8-5-4-6-9-18)22-12-7-13-25-17-19-10-14-24-15-11-19/h4-6,8-9,19H,3,7,10-17H2,1-2H3,(H,21,22). The number of nitrogens with zero attached hydrogens (tertiary/aromatic N) is 2. The monoisotopic (exact) mass is 347 g/mol. The van der Waals surface area contributed by atoms with Crippen LogP contribution in [0.15, 0.2) is 35.3 Å². The lowest BCUT2D eigenvalue weighted by Gasteiger charge is -2.22. The lowest BCUT2D eigenvalue weighted by atomic mass is 10.0. The fraction of sp³-hybridized carbons (Fsp3) is 0.650. The first kappa shape index (κ1) is 19.7. The Balaban J connectivity index is 1.67. The molecule has 5 heteroatoms. The van der Waals surface area contributed by atoms with Gasteiger partial charge >= 0.3 is 0 Å².